The fraction of sp³-hybridized carbons (Fsp3) is 0.276. The Morgan fingerprint density at radius 2 is 1.56 bits per heavy atom. The third kappa shape index (κ3) is 6.95. The minimum absolute atomic E-state index is 0.154. The van der Waals surface area contributed by atoms with Crippen molar-refractivity contribution in [3.63, 3.8) is 0 Å². The normalized spacial score (nSPS) is 11.3. The van der Waals surface area contributed by atoms with Crippen molar-refractivity contribution in [3.05, 3.63) is 94.9 Å². The monoisotopic (exact) mass is 539 g/mol. The van der Waals surface area contributed by atoms with Crippen LogP contribution in [-0.2, 0) is 19.0 Å². The number of carbonyl (C=O) groups is 1. The summed E-state index contributed by atoms with van der Waals surface area (Å²) in [5.41, 5.74) is 2.15. The summed E-state index contributed by atoms with van der Waals surface area (Å²) in [4.78, 5) is 19.4. The first kappa shape index (κ1) is 27.7. The summed E-state index contributed by atoms with van der Waals surface area (Å²) in [5, 5.41) is 4.04. The zero-order valence-corrected chi connectivity index (χ0v) is 21.8. The number of carbonyl (C=O) groups excluding carboxylic acids is 1. The predicted molar refractivity (Wildman–Crippen MR) is 139 cm³/mol. The molecule has 1 amide bonds. The van der Waals surface area contributed by atoms with Crippen molar-refractivity contribution in [1.29, 1.82) is 0 Å². The Labute approximate surface area is 224 Å². The van der Waals surface area contributed by atoms with E-state index in [4.69, 9.17) is 14.0 Å². The third-order valence-electron chi connectivity index (χ3n) is 6.24. The van der Waals surface area contributed by atoms with Gasteiger partial charge in [-0.25, -0.2) is 0 Å². The van der Waals surface area contributed by atoms with Crippen LogP contribution in [0.4, 0.5) is 13.2 Å². The summed E-state index contributed by atoms with van der Waals surface area (Å²) in [5.74, 6) is 1.53. The molecular weight excluding hydrogens is 511 g/mol. The third-order valence-corrected chi connectivity index (χ3v) is 6.24. The van der Waals surface area contributed by atoms with Gasteiger partial charge in [0.1, 0.15) is 0 Å². The zero-order chi connectivity index (χ0) is 28.0. The van der Waals surface area contributed by atoms with Gasteiger partial charge in [0.05, 0.1) is 19.8 Å². The quantitative estimate of drug-likeness (QED) is 0.246. The van der Waals surface area contributed by atoms with E-state index in [9.17, 15) is 18.0 Å². The van der Waals surface area contributed by atoms with E-state index in [0.717, 1.165) is 28.8 Å². The molecule has 0 bridgehead atoms. The van der Waals surface area contributed by atoms with E-state index in [1.165, 1.54) is 19.2 Å². The number of aromatic nitrogens is 2. The van der Waals surface area contributed by atoms with Crippen LogP contribution in [0.2, 0.25) is 0 Å². The molecular formula is C29H28F3N3O4. The molecule has 4 aromatic rings. The minimum Gasteiger partial charge on any atom is -0.493 e. The number of ether oxygens (including phenoxy) is 2. The topological polar surface area (TPSA) is 77.7 Å². The van der Waals surface area contributed by atoms with Gasteiger partial charge >= 0.3 is 6.18 Å². The second-order valence-electron chi connectivity index (χ2n) is 8.93. The minimum atomic E-state index is -4.48. The Balaban J connectivity index is 1.51. The number of hydrogen-bond donors (Lipinski definition) is 0. The molecule has 0 atom stereocenters. The first-order valence-corrected chi connectivity index (χ1v) is 12.2. The van der Waals surface area contributed by atoms with Crippen LogP contribution in [-0.4, -0.2) is 48.3 Å². The van der Waals surface area contributed by atoms with Crippen molar-refractivity contribution in [2.24, 2.45) is 0 Å². The Morgan fingerprint density at radius 3 is 2.21 bits per heavy atom. The molecule has 0 saturated heterocycles. The number of rotatable bonds is 10. The molecule has 0 aliphatic carbocycles. The highest BCUT2D eigenvalue weighted by atomic mass is 19.4. The van der Waals surface area contributed by atoms with Crippen molar-refractivity contribution < 1.29 is 32.0 Å². The molecule has 0 spiro atoms. The number of amides is 1. The zero-order valence-electron chi connectivity index (χ0n) is 21.8. The van der Waals surface area contributed by atoms with Gasteiger partial charge in [-0.15, -0.1) is 0 Å². The molecule has 0 unspecified atom stereocenters. The first-order chi connectivity index (χ1) is 18.7. The Hall–Kier alpha value is -4.34. The molecule has 4 rings (SSSR count). The standard InChI is InChI=1S/C29H28F3N3O4/c1-19-4-7-21(8-5-19)27-33-26(39-34-27)15-17-35(16-14-20-6-13-24(37-2)25(18-20)38-3)28(36)22-9-11-23(12-10-22)29(30,31)32/h4-13,18H,14-17H2,1-3H3. The van der Waals surface area contributed by atoms with E-state index in [-0.39, 0.29) is 18.5 Å². The Morgan fingerprint density at radius 1 is 0.897 bits per heavy atom. The summed E-state index contributed by atoms with van der Waals surface area (Å²) in [7, 11) is 3.08. The van der Waals surface area contributed by atoms with Gasteiger partial charge in [0.15, 0.2) is 11.5 Å². The number of benzene rings is 3. The SMILES string of the molecule is COc1ccc(CCN(CCc2nc(-c3ccc(C)cc3)no2)C(=O)c2ccc(C(F)(F)F)cc2)cc1OC. The molecule has 204 valence electrons. The molecule has 0 aliphatic heterocycles. The molecule has 10 heteroatoms. The van der Waals surface area contributed by atoms with E-state index in [1.54, 1.807) is 18.1 Å². The van der Waals surface area contributed by atoms with Crippen molar-refractivity contribution in [3.8, 4) is 22.9 Å². The van der Waals surface area contributed by atoms with E-state index in [0.29, 0.717) is 36.2 Å². The summed E-state index contributed by atoms with van der Waals surface area (Å²) in [6, 6.07) is 17.4. The van der Waals surface area contributed by atoms with Gasteiger partial charge in [0, 0.05) is 30.6 Å². The van der Waals surface area contributed by atoms with Gasteiger partial charge in [-0.3, -0.25) is 4.79 Å². The number of hydrogen-bond acceptors (Lipinski definition) is 6. The lowest BCUT2D eigenvalue weighted by atomic mass is 10.1. The highest BCUT2D eigenvalue weighted by Crippen LogP contribution is 2.30. The Bertz CT molecular complexity index is 1400. The van der Waals surface area contributed by atoms with Gasteiger partial charge in [-0.2, -0.15) is 18.2 Å². The molecule has 7 nitrogen and oxygen atoms in total. The second-order valence-corrected chi connectivity index (χ2v) is 8.93. The van der Waals surface area contributed by atoms with Crippen LogP contribution in [0.5, 0.6) is 11.5 Å². The summed E-state index contributed by atoms with van der Waals surface area (Å²) >= 11 is 0. The lowest BCUT2D eigenvalue weighted by Gasteiger charge is -2.23. The van der Waals surface area contributed by atoms with E-state index in [2.05, 4.69) is 10.1 Å². The van der Waals surface area contributed by atoms with Gasteiger partial charge in [-0.05, 0) is 55.3 Å². The molecule has 0 fully saturated rings. The van der Waals surface area contributed by atoms with Crippen molar-refractivity contribution in [1.82, 2.24) is 15.0 Å². The Kier molecular flexibility index (Phi) is 8.53. The van der Waals surface area contributed by atoms with Crippen LogP contribution in [0.15, 0.2) is 71.3 Å². The maximum absolute atomic E-state index is 13.4. The number of halogens is 3. The fourth-order valence-electron chi connectivity index (χ4n) is 4.01. The lowest BCUT2D eigenvalue weighted by Crippen LogP contribution is -2.35. The highest BCUT2D eigenvalue weighted by molar-refractivity contribution is 5.94. The second kappa shape index (κ2) is 12.0. The number of methoxy groups -OCH3 is 2. The van der Waals surface area contributed by atoms with Crippen LogP contribution in [0.25, 0.3) is 11.4 Å². The van der Waals surface area contributed by atoms with Crippen molar-refractivity contribution >= 4 is 5.91 Å². The summed E-state index contributed by atoms with van der Waals surface area (Å²) in [6.45, 7) is 2.51. The average molecular weight is 540 g/mol. The van der Waals surface area contributed by atoms with Crippen LogP contribution in [0.3, 0.4) is 0 Å². The van der Waals surface area contributed by atoms with E-state index in [1.807, 2.05) is 43.3 Å². The average Bonchev–Trinajstić information content (AvgIpc) is 3.41. The van der Waals surface area contributed by atoms with Gasteiger partial charge in [-0.1, -0.05) is 41.1 Å². The maximum Gasteiger partial charge on any atom is 0.416 e. The highest BCUT2D eigenvalue weighted by Gasteiger charge is 2.30. The van der Waals surface area contributed by atoms with Crippen LogP contribution in [0, 0.1) is 6.92 Å². The molecule has 0 radical (unpaired) electrons. The predicted octanol–water partition coefficient (Wildman–Crippen LogP) is 6.01. The summed E-state index contributed by atoms with van der Waals surface area (Å²) < 4.78 is 55.1. The lowest BCUT2D eigenvalue weighted by molar-refractivity contribution is -0.137. The van der Waals surface area contributed by atoms with Crippen molar-refractivity contribution in [2.75, 3.05) is 27.3 Å². The van der Waals surface area contributed by atoms with Crippen LogP contribution < -0.4 is 9.47 Å². The number of alkyl halides is 3. The number of aryl methyl sites for hydroxylation is 1. The van der Waals surface area contributed by atoms with E-state index < -0.39 is 17.6 Å². The van der Waals surface area contributed by atoms with Gasteiger partial charge in [0.2, 0.25) is 11.7 Å². The van der Waals surface area contributed by atoms with Gasteiger partial charge < -0.3 is 18.9 Å². The largest absolute Gasteiger partial charge is 0.493 e. The smallest absolute Gasteiger partial charge is 0.416 e. The van der Waals surface area contributed by atoms with Crippen molar-refractivity contribution in [2.45, 2.75) is 25.9 Å². The van der Waals surface area contributed by atoms with Crippen LogP contribution >= 0.6 is 0 Å². The maximum atomic E-state index is 13.4. The molecule has 0 saturated carbocycles. The molecule has 3 aromatic carbocycles. The van der Waals surface area contributed by atoms with Crippen LogP contribution in [0.1, 0.15) is 32.9 Å². The molecule has 1 aromatic heterocycles. The first-order valence-electron chi connectivity index (χ1n) is 12.2. The molecule has 0 aliphatic rings. The van der Waals surface area contributed by atoms with Gasteiger partial charge in [0.25, 0.3) is 5.91 Å². The fourth-order valence-corrected chi connectivity index (χ4v) is 4.01. The molecule has 0 N–H and O–H groups in total. The molecule has 1 heterocycles. The molecule has 39 heavy (non-hydrogen) atoms. The number of nitrogens with zero attached hydrogens (tertiary/aromatic N) is 3. The van der Waals surface area contributed by atoms with E-state index >= 15 is 0 Å². The summed E-state index contributed by atoms with van der Waals surface area (Å²) in [6.07, 6.45) is -3.73.